The third-order valence-electron chi connectivity index (χ3n) is 4.53. The summed E-state index contributed by atoms with van der Waals surface area (Å²) in [7, 11) is 1.82. The molecular formula is C19H20N2O2S2. The molecule has 4 rings (SSSR count). The maximum Gasteiger partial charge on any atom is 0.262 e. The quantitative estimate of drug-likeness (QED) is 0.498. The van der Waals surface area contributed by atoms with Gasteiger partial charge in [0.05, 0.1) is 12.0 Å². The lowest BCUT2D eigenvalue weighted by Crippen LogP contribution is -2.20. The molecule has 3 aromatic rings. The molecule has 2 heterocycles. The lowest BCUT2D eigenvalue weighted by atomic mass is 10.2. The molecule has 2 aromatic heterocycles. The third kappa shape index (κ3) is 2.98. The summed E-state index contributed by atoms with van der Waals surface area (Å²) in [4.78, 5) is 19.9. The van der Waals surface area contributed by atoms with Gasteiger partial charge < -0.3 is 4.74 Å². The minimum Gasteiger partial charge on any atom is -0.494 e. The van der Waals surface area contributed by atoms with E-state index in [2.05, 4.69) is 6.07 Å². The first kappa shape index (κ1) is 16.7. The first-order valence-corrected chi connectivity index (χ1v) is 10.3. The van der Waals surface area contributed by atoms with E-state index in [4.69, 9.17) is 9.72 Å². The number of nitrogens with zero attached hydrogens (tertiary/aromatic N) is 2. The molecule has 6 heteroatoms. The highest BCUT2D eigenvalue weighted by Gasteiger charge is 2.22. The summed E-state index contributed by atoms with van der Waals surface area (Å²) in [5.41, 5.74) is 2.45. The fourth-order valence-corrected chi connectivity index (χ4v) is 5.56. The Labute approximate surface area is 154 Å². The maximum absolute atomic E-state index is 12.8. The van der Waals surface area contributed by atoms with Crippen molar-refractivity contribution in [2.24, 2.45) is 7.05 Å². The van der Waals surface area contributed by atoms with Gasteiger partial charge in [0.25, 0.3) is 5.56 Å². The number of para-hydroxylation sites is 1. The summed E-state index contributed by atoms with van der Waals surface area (Å²) in [6.45, 7) is 2.63. The average molecular weight is 373 g/mol. The van der Waals surface area contributed by atoms with Crippen molar-refractivity contribution in [1.82, 2.24) is 9.55 Å². The number of hydrogen-bond donors (Lipinski definition) is 0. The zero-order valence-electron chi connectivity index (χ0n) is 14.4. The zero-order chi connectivity index (χ0) is 17.4. The van der Waals surface area contributed by atoms with Gasteiger partial charge in [-0.25, -0.2) is 4.98 Å². The molecule has 0 unspecified atom stereocenters. The molecule has 0 saturated carbocycles. The van der Waals surface area contributed by atoms with Gasteiger partial charge in [0.1, 0.15) is 10.6 Å². The van der Waals surface area contributed by atoms with Gasteiger partial charge in [-0.2, -0.15) is 0 Å². The van der Waals surface area contributed by atoms with Crippen LogP contribution in [0.1, 0.15) is 29.3 Å². The van der Waals surface area contributed by atoms with Crippen LogP contribution in [0.3, 0.4) is 0 Å². The molecule has 130 valence electrons. The highest BCUT2D eigenvalue weighted by molar-refractivity contribution is 7.98. The molecule has 0 fully saturated rings. The van der Waals surface area contributed by atoms with Crippen LogP contribution in [0.25, 0.3) is 10.2 Å². The van der Waals surface area contributed by atoms with Crippen LogP contribution in [0.15, 0.2) is 34.2 Å². The smallest absolute Gasteiger partial charge is 0.262 e. The topological polar surface area (TPSA) is 44.1 Å². The highest BCUT2D eigenvalue weighted by Crippen LogP contribution is 2.36. The monoisotopic (exact) mass is 372 g/mol. The van der Waals surface area contributed by atoms with E-state index in [0.29, 0.717) is 6.61 Å². The predicted molar refractivity (Wildman–Crippen MR) is 104 cm³/mol. The number of fused-ring (bicyclic) bond motifs is 3. The number of aryl methyl sites for hydroxylation is 2. The molecule has 0 spiro atoms. The molecule has 0 radical (unpaired) electrons. The van der Waals surface area contributed by atoms with Gasteiger partial charge in [0.15, 0.2) is 5.16 Å². The second-order valence-corrected chi connectivity index (χ2v) is 8.15. The van der Waals surface area contributed by atoms with Crippen LogP contribution >= 0.6 is 23.1 Å². The van der Waals surface area contributed by atoms with Crippen LogP contribution in [-0.4, -0.2) is 16.2 Å². The number of hydrogen-bond acceptors (Lipinski definition) is 5. The zero-order valence-corrected chi connectivity index (χ0v) is 16.0. The van der Waals surface area contributed by atoms with Crippen molar-refractivity contribution in [3.05, 3.63) is 50.6 Å². The molecule has 1 aliphatic rings. The summed E-state index contributed by atoms with van der Waals surface area (Å²) in [5.74, 6) is 1.63. The van der Waals surface area contributed by atoms with Crippen LogP contribution in [0.5, 0.6) is 5.75 Å². The van der Waals surface area contributed by atoms with E-state index in [-0.39, 0.29) is 5.56 Å². The van der Waals surface area contributed by atoms with Crippen LogP contribution < -0.4 is 10.3 Å². The summed E-state index contributed by atoms with van der Waals surface area (Å²) in [6, 6.07) is 8.04. The van der Waals surface area contributed by atoms with Gasteiger partial charge in [0, 0.05) is 23.2 Å². The van der Waals surface area contributed by atoms with E-state index in [9.17, 15) is 4.79 Å². The Morgan fingerprint density at radius 1 is 1.32 bits per heavy atom. The third-order valence-corrected chi connectivity index (χ3v) is 6.80. The Balaban J connectivity index is 1.67. The Kier molecular flexibility index (Phi) is 4.56. The molecule has 0 amide bonds. The van der Waals surface area contributed by atoms with Crippen LogP contribution in [0.4, 0.5) is 0 Å². The number of benzene rings is 1. The molecule has 1 aromatic carbocycles. The Morgan fingerprint density at radius 3 is 3.00 bits per heavy atom. The van der Waals surface area contributed by atoms with Gasteiger partial charge >= 0.3 is 0 Å². The summed E-state index contributed by atoms with van der Waals surface area (Å²) in [5, 5.41) is 1.61. The Hall–Kier alpha value is -1.79. The average Bonchev–Trinajstić information content (AvgIpc) is 3.19. The molecule has 0 aliphatic heterocycles. The first-order chi connectivity index (χ1) is 12.2. The molecule has 0 bridgehead atoms. The van der Waals surface area contributed by atoms with Crippen molar-refractivity contribution >= 4 is 33.3 Å². The highest BCUT2D eigenvalue weighted by atomic mass is 32.2. The van der Waals surface area contributed by atoms with Crippen molar-refractivity contribution in [2.75, 3.05) is 6.61 Å². The molecule has 0 N–H and O–H groups in total. The van der Waals surface area contributed by atoms with Crippen molar-refractivity contribution in [3.63, 3.8) is 0 Å². The summed E-state index contributed by atoms with van der Waals surface area (Å²) < 4.78 is 7.39. The normalized spacial score (nSPS) is 13.4. The SMILES string of the molecule is CCOc1ccccc1CSc1nc2sc3c(c2c(=O)n1C)CCC3. The first-order valence-electron chi connectivity index (χ1n) is 8.53. The van der Waals surface area contributed by atoms with Crippen LogP contribution in [-0.2, 0) is 25.6 Å². The van der Waals surface area contributed by atoms with Gasteiger partial charge in [-0.1, -0.05) is 30.0 Å². The summed E-state index contributed by atoms with van der Waals surface area (Å²) >= 11 is 3.28. The largest absolute Gasteiger partial charge is 0.494 e. The number of aromatic nitrogens is 2. The lowest BCUT2D eigenvalue weighted by molar-refractivity contribution is 0.337. The molecule has 4 nitrogen and oxygen atoms in total. The minimum atomic E-state index is 0.0880. The predicted octanol–water partition coefficient (Wildman–Crippen LogP) is 4.17. The van der Waals surface area contributed by atoms with Crippen molar-refractivity contribution in [3.8, 4) is 5.75 Å². The number of thiophene rings is 1. The van der Waals surface area contributed by atoms with E-state index >= 15 is 0 Å². The summed E-state index contributed by atoms with van der Waals surface area (Å²) in [6.07, 6.45) is 3.26. The maximum atomic E-state index is 12.8. The Morgan fingerprint density at radius 2 is 2.16 bits per heavy atom. The lowest BCUT2D eigenvalue weighted by Gasteiger charge is -2.11. The number of thioether (sulfide) groups is 1. The molecule has 25 heavy (non-hydrogen) atoms. The van der Waals surface area contributed by atoms with Gasteiger partial charge in [0.2, 0.25) is 0 Å². The van der Waals surface area contributed by atoms with Crippen LogP contribution in [0, 0.1) is 0 Å². The molecule has 0 saturated heterocycles. The molecule has 1 aliphatic carbocycles. The minimum absolute atomic E-state index is 0.0880. The number of rotatable bonds is 5. The van der Waals surface area contributed by atoms with E-state index < -0.39 is 0 Å². The molecular weight excluding hydrogens is 352 g/mol. The number of ether oxygens (including phenoxy) is 1. The van der Waals surface area contributed by atoms with Gasteiger partial charge in [-0.3, -0.25) is 9.36 Å². The van der Waals surface area contributed by atoms with Crippen molar-refractivity contribution < 1.29 is 4.74 Å². The van der Waals surface area contributed by atoms with Crippen molar-refractivity contribution in [1.29, 1.82) is 0 Å². The van der Waals surface area contributed by atoms with Gasteiger partial charge in [-0.05, 0) is 37.8 Å². The Bertz CT molecular complexity index is 991. The van der Waals surface area contributed by atoms with Crippen molar-refractivity contribution in [2.45, 2.75) is 37.1 Å². The van der Waals surface area contributed by atoms with E-state index in [1.54, 1.807) is 27.7 Å². The second kappa shape index (κ2) is 6.84. The van der Waals surface area contributed by atoms with E-state index in [1.807, 2.05) is 32.2 Å². The molecule has 0 atom stereocenters. The standard InChI is InChI=1S/C19H20N2O2S2/c1-3-23-14-9-5-4-7-12(14)11-24-19-20-17-16(18(22)21(19)2)13-8-6-10-15(13)25-17/h4-5,7,9H,3,6,8,10-11H2,1-2H3. The van der Waals surface area contributed by atoms with E-state index in [0.717, 1.165) is 51.7 Å². The van der Waals surface area contributed by atoms with Crippen LogP contribution in [0.2, 0.25) is 0 Å². The second-order valence-electron chi connectivity index (χ2n) is 6.13. The van der Waals surface area contributed by atoms with E-state index in [1.165, 1.54) is 10.4 Å². The van der Waals surface area contributed by atoms with Gasteiger partial charge in [-0.15, -0.1) is 11.3 Å². The fourth-order valence-electron chi connectivity index (χ4n) is 3.30. The fraction of sp³-hybridized carbons (Fsp3) is 0.368.